The molecule has 5 nitrogen and oxygen atoms in total. The first-order chi connectivity index (χ1) is 8.06. The van der Waals surface area contributed by atoms with Crippen molar-refractivity contribution in [3.05, 3.63) is 0 Å². The summed E-state index contributed by atoms with van der Waals surface area (Å²) in [5.41, 5.74) is 0. The average Bonchev–Trinajstić information content (AvgIpc) is 2.30. The molecule has 0 bridgehead atoms. The molecule has 102 valence electrons. The molecule has 1 fully saturated rings. The molecule has 0 aliphatic carbocycles. The molecule has 1 aliphatic rings. The summed E-state index contributed by atoms with van der Waals surface area (Å²) in [7, 11) is -1.53. The second-order valence-corrected chi connectivity index (χ2v) is 6.56. The predicted octanol–water partition coefficient (Wildman–Crippen LogP) is 0.427. The average molecular weight is 264 g/mol. The standard InChI is InChI=1S/C11H24N2O3S/c1-3-16-9-8-13(2)17(14,15)10-11-6-4-5-7-12-11/h11-12H,3-10H2,1-2H3. The third kappa shape index (κ3) is 5.33. The Labute approximate surface area is 105 Å². The van der Waals surface area contributed by atoms with Crippen LogP contribution >= 0.6 is 0 Å². The van der Waals surface area contributed by atoms with Crippen LogP contribution in [0.25, 0.3) is 0 Å². The van der Waals surface area contributed by atoms with Gasteiger partial charge in [-0.05, 0) is 26.3 Å². The fraction of sp³-hybridized carbons (Fsp3) is 1.00. The maximum Gasteiger partial charge on any atom is 0.215 e. The van der Waals surface area contributed by atoms with E-state index in [0.29, 0.717) is 19.8 Å². The van der Waals surface area contributed by atoms with E-state index in [1.807, 2.05) is 6.92 Å². The number of piperidine rings is 1. The predicted molar refractivity (Wildman–Crippen MR) is 68.6 cm³/mol. The van der Waals surface area contributed by atoms with Crippen LogP contribution in [0.3, 0.4) is 0 Å². The number of sulfonamides is 1. The van der Waals surface area contributed by atoms with Crippen molar-refractivity contribution in [2.24, 2.45) is 0 Å². The van der Waals surface area contributed by atoms with Crippen LogP contribution in [0.15, 0.2) is 0 Å². The van der Waals surface area contributed by atoms with Crippen molar-refractivity contribution in [1.82, 2.24) is 9.62 Å². The Morgan fingerprint density at radius 2 is 2.18 bits per heavy atom. The van der Waals surface area contributed by atoms with Crippen LogP contribution in [0.5, 0.6) is 0 Å². The quantitative estimate of drug-likeness (QED) is 0.677. The fourth-order valence-electron chi connectivity index (χ4n) is 1.92. The Kier molecular flexibility index (Phi) is 6.40. The lowest BCUT2D eigenvalue weighted by Gasteiger charge is -2.25. The van der Waals surface area contributed by atoms with Crippen LogP contribution in [0.1, 0.15) is 26.2 Å². The van der Waals surface area contributed by atoms with E-state index in [0.717, 1.165) is 25.8 Å². The minimum atomic E-state index is -3.15. The zero-order valence-corrected chi connectivity index (χ0v) is 11.6. The van der Waals surface area contributed by atoms with Crippen LogP contribution in [0, 0.1) is 0 Å². The molecule has 0 saturated carbocycles. The van der Waals surface area contributed by atoms with E-state index in [-0.39, 0.29) is 11.8 Å². The molecule has 6 heteroatoms. The highest BCUT2D eigenvalue weighted by atomic mass is 32.2. The Morgan fingerprint density at radius 3 is 2.76 bits per heavy atom. The molecule has 1 unspecified atom stereocenters. The van der Waals surface area contributed by atoms with Gasteiger partial charge in [0, 0.05) is 26.2 Å². The van der Waals surface area contributed by atoms with Crippen LogP contribution < -0.4 is 5.32 Å². The molecule has 0 spiro atoms. The van der Waals surface area contributed by atoms with Gasteiger partial charge in [0.2, 0.25) is 10.0 Å². The number of rotatable bonds is 7. The molecule has 0 aromatic rings. The summed E-state index contributed by atoms with van der Waals surface area (Å²) in [5, 5.41) is 3.26. The smallest absolute Gasteiger partial charge is 0.215 e. The summed E-state index contributed by atoms with van der Waals surface area (Å²) in [6, 6.07) is 0.114. The molecule has 1 N–H and O–H groups in total. The third-order valence-corrected chi connectivity index (χ3v) is 5.01. The molecule has 0 amide bonds. The maximum absolute atomic E-state index is 12.0. The number of nitrogens with one attached hydrogen (secondary N) is 1. The Bertz CT molecular complexity index is 300. The normalized spacial score (nSPS) is 21.9. The fourth-order valence-corrected chi connectivity index (χ4v) is 3.32. The van der Waals surface area contributed by atoms with Gasteiger partial charge in [-0.3, -0.25) is 0 Å². The van der Waals surface area contributed by atoms with Gasteiger partial charge in [-0.25, -0.2) is 12.7 Å². The monoisotopic (exact) mass is 264 g/mol. The second-order valence-electron chi connectivity index (χ2n) is 4.44. The molecular weight excluding hydrogens is 240 g/mol. The van der Waals surface area contributed by atoms with Crippen molar-refractivity contribution in [1.29, 1.82) is 0 Å². The molecule has 1 heterocycles. The Hall–Kier alpha value is -0.170. The highest BCUT2D eigenvalue weighted by Crippen LogP contribution is 2.10. The molecule has 0 aromatic carbocycles. The van der Waals surface area contributed by atoms with E-state index >= 15 is 0 Å². The van der Waals surface area contributed by atoms with E-state index < -0.39 is 10.0 Å². The van der Waals surface area contributed by atoms with Crippen molar-refractivity contribution >= 4 is 10.0 Å². The molecule has 0 aromatic heterocycles. The summed E-state index contributed by atoms with van der Waals surface area (Å²) < 4.78 is 30.6. The Morgan fingerprint density at radius 1 is 1.41 bits per heavy atom. The number of hydrogen-bond acceptors (Lipinski definition) is 4. The van der Waals surface area contributed by atoms with Crippen molar-refractivity contribution in [2.45, 2.75) is 32.2 Å². The van der Waals surface area contributed by atoms with Gasteiger partial charge in [0.15, 0.2) is 0 Å². The van der Waals surface area contributed by atoms with Crippen molar-refractivity contribution in [3.63, 3.8) is 0 Å². The van der Waals surface area contributed by atoms with E-state index in [1.54, 1.807) is 7.05 Å². The summed E-state index contributed by atoms with van der Waals surface area (Å²) in [6.45, 7) is 4.36. The van der Waals surface area contributed by atoms with E-state index in [1.165, 1.54) is 4.31 Å². The topological polar surface area (TPSA) is 58.6 Å². The van der Waals surface area contributed by atoms with E-state index in [9.17, 15) is 8.42 Å². The van der Waals surface area contributed by atoms with Crippen LogP contribution in [-0.2, 0) is 14.8 Å². The highest BCUT2D eigenvalue weighted by Gasteiger charge is 2.24. The first-order valence-electron chi connectivity index (χ1n) is 6.31. The van der Waals surface area contributed by atoms with Gasteiger partial charge < -0.3 is 10.1 Å². The zero-order chi connectivity index (χ0) is 12.7. The lowest BCUT2D eigenvalue weighted by atomic mass is 10.1. The van der Waals surface area contributed by atoms with Crippen LogP contribution in [0.2, 0.25) is 0 Å². The number of hydrogen-bond donors (Lipinski definition) is 1. The van der Waals surface area contributed by atoms with Gasteiger partial charge in [0.05, 0.1) is 12.4 Å². The number of ether oxygens (including phenoxy) is 1. The first kappa shape index (κ1) is 14.9. The minimum absolute atomic E-state index is 0.114. The van der Waals surface area contributed by atoms with Gasteiger partial charge in [-0.15, -0.1) is 0 Å². The van der Waals surface area contributed by atoms with Gasteiger partial charge >= 0.3 is 0 Å². The van der Waals surface area contributed by atoms with E-state index in [2.05, 4.69) is 5.32 Å². The highest BCUT2D eigenvalue weighted by molar-refractivity contribution is 7.89. The summed E-state index contributed by atoms with van der Waals surface area (Å²) in [5.74, 6) is 0.204. The Balaban J connectivity index is 2.37. The SMILES string of the molecule is CCOCCN(C)S(=O)(=O)CC1CCCCN1. The minimum Gasteiger partial charge on any atom is -0.380 e. The maximum atomic E-state index is 12.0. The van der Waals surface area contributed by atoms with Gasteiger partial charge in [0.25, 0.3) is 0 Å². The largest absolute Gasteiger partial charge is 0.380 e. The first-order valence-corrected chi connectivity index (χ1v) is 7.92. The van der Waals surface area contributed by atoms with Crippen LogP contribution in [-0.4, -0.2) is 57.9 Å². The third-order valence-electron chi connectivity index (χ3n) is 3.05. The number of likely N-dealkylation sites (N-methyl/N-ethyl adjacent to an activating group) is 1. The molecule has 1 saturated heterocycles. The summed E-state index contributed by atoms with van der Waals surface area (Å²) in [6.07, 6.45) is 3.23. The lowest BCUT2D eigenvalue weighted by Crippen LogP contribution is -2.43. The zero-order valence-electron chi connectivity index (χ0n) is 10.8. The second kappa shape index (κ2) is 7.31. The van der Waals surface area contributed by atoms with Gasteiger partial charge in [-0.1, -0.05) is 6.42 Å². The molecule has 17 heavy (non-hydrogen) atoms. The molecule has 1 rings (SSSR count). The van der Waals surface area contributed by atoms with Crippen LogP contribution in [0.4, 0.5) is 0 Å². The molecule has 1 aliphatic heterocycles. The van der Waals surface area contributed by atoms with Gasteiger partial charge in [-0.2, -0.15) is 0 Å². The molecular formula is C11H24N2O3S. The van der Waals surface area contributed by atoms with Gasteiger partial charge in [0.1, 0.15) is 0 Å². The van der Waals surface area contributed by atoms with Crippen molar-refractivity contribution < 1.29 is 13.2 Å². The summed E-state index contributed by atoms with van der Waals surface area (Å²) >= 11 is 0. The van der Waals surface area contributed by atoms with Crippen molar-refractivity contribution in [2.75, 3.05) is 39.1 Å². The van der Waals surface area contributed by atoms with E-state index in [4.69, 9.17) is 4.74 Å². The number of nitrogens with zero attached hydrogens (tertiary/aromatic N) is 1. The molecule has 0 radical (unpaired) electrons. The lowest BCUT2D eigenvalue weighted by molar-refractivity contribution is 0.138. The summed E-state index contributed by atoms with van der Waals surface area (Å²) in [4.78, 5) is 0. The molecule has 1 atom stereocenters. The van der Waals surface area contributed by atoms with Crippen molar-refractivity contribution in [3.8, 4) is 0 Å².